The minimum Gasteiger partial charge on any atom is -0.497 e. The van der Waals surface area contributed by atoms with Gasteiger partial charge in [0.05, 0.1) is 20.2 Å². The van der Waals surface area contributed by atoms with Gasteiger partial charge < -0.3 is 29.9 Å². The summed E-state index contributed by atoms with van der Waals surface area (Å²) in [5, 5.41) is 8.72. The standard InChI is InChI=1S/C30H38N6O6/c1-4-17-42-30(40)31-16-8-11-25-28(38)34(19-23-9-6-5-7-10-23)20-26-35(25)27(37)21-33(2)36(26)29(39)32-18-22-12-14-24(41-3)15-13-22/h4-7,9-10,12-15,25-26H,1,8,11,16-21H2,2-3H3,(H,31,40)(H,32,39)/t25-,26-/m0/s1. The number of nitrogens with zero attached hydrogens (tertiary/aromatic N) is 4. The van der Waals surface area contributed by atoms with Gasteiger partial charge in [-0.15, -0.1) is 0 Å². The van der Waals surface area contributed by atoms with Crippen molar-refractivity contribution in [1.29, 1.82) is 0 Å². The van der Waals surface area contributed by atoms with E-state index in [0.717, 1.165) is 16.9 Å². The van der Waals surface area contributed by atoms with Crippen LogP contribution < -0.4 is 15.4 Å². The molecule has 2 fully saturated rings. The lowest BCUT2D eigenvalue weighted by Gasteiger charge is -2.54. The van der Waals surface area contributed by atoms with Crippen LogP contribution in [0.3, 0.4) is 0 Å². The zero-order valence-corrected chi connectivity index (χ0v) is 24.0. The van der Waals surface area contributed by atoms with E-state index in [4.69, 9.17) is 9.47 Å². The molecule has 4 rings (SSSR count). The lowest BCUT2D eigenvalue weighted by Crippen LogP contribution is -2.75. The van der Waals surface area contributed by atoms with Gasteiger partial charge >= 0.3 is 12.1 Å². The zero-order valence-electron chi connectivity index (χ0n) is 24.0. The van der Waals surface area contributed by atoms with Gasteiger partial charge in [-0.05, 0) is 36.1 Å². The number of methoxy groups -OCH3 is 1. The van der Waals surface area contributed by atoms with Crippen molar-refractivity contribution in [3.8, 4) is 5.75 Å². The highest BCUT2D eigenvalue weighted by Crippen LogP contribution is 2.29. The molecule has 42 heavy (non-hydrogen) atoms. The molecule has 2 saturated heterocycles. The van der Waals surface area contributed by atoms with E-state index >= 15 is 0 Å². The van der Waals surface area contributed by atoms with Gasteiger partial charge in [-0.3, -0.25) is 9.59 Å². The number of nitrogens with one attached hydrogen (secondary N) is 2. The molecular formula is C30H38N6O6. The second kappa shape index (κ2) is 14.4. The first-order valence-corrected chi connectivity index (χ1v) is 13.9. The average Bonchev–Trinajstić information content (AvgIpc) is 2.99. The molecule has 2 aromatic rings. The van der Waals surface area contributed by atoms with Crippen LogP contribution in [0.5, 0.6) is 5.75 Å². The van der Waals surface area contributed by atoms with E-state index in [1.54, 1.807) is 24.1 Å². The molecule has 2 atom stereocenters. The van der Waals surface area contributed by atoms with Gasteiger partial charge in [-0.25, -0.2) is 19.6 Å². The molecule has 2 aromatic carbocycles. The predicted octanol–water partition coefficient (Wildman–Crippen LogP) is 2.33. The van der Waals surface area contributed by atoms with Crippen LogP contribution in [-0.2, 0) is 27.4 Å². The fourth-order valence-electron chi connectivity index (χ4n) is 5.20. The van der Waals surface area contributed by atoms with Crippen molar-refractivity contribution in [2.75, 3.05) is 40.4 Å². The van der Waals surface area contributed by atoms with Crippen LogP contribution in [0.2, 0.25) is 0 Å². The highest BCUT2D eigenvalue weighted by molar-refractivity contribution is 5.91. The number of hydrogen-bond donors (Lipinski definition) is 2. The summed E-state index contributed by atoms with van der Waals surface area (Å²) in [7, 11) is 3.28. The Morgan fingerprint density at radius 1 is 1.05 bits per heavy atom. The molecule has 0 aliphatic carbocycles. The van der Waals surface area contributed by atoms with E-state index in [9.17, 15) is 19.2 Å². The van der Waals surface area contributed by atoms with E-state index < -0.39 is 18.3 Å². The molecule has 12 nitrogen and oxygen atoms in total. The Morgan fingerprint density at radius 2 is 1.79 bits per heavy atom. The minimum absolute atomic E-state index is 0.0545. The van der Waals surface area contributed by atoms with Crippen LogP contribution >= 0.6 is 0 Å². The summed E-state index contributed by atoms with van der Waals surface area (Å²) in [5.74, 6) is 0.286. The molecule has 2 aliphatic rings. The molecule has 12 heteroatoms. The van der Waals surface area contributed by atoms with Gasteiger partial charge in [0.15, 0.2) is 0 Å². The fraction of sp³-hybridized carbons (Fsp3) is 0.400. The van der Waals surface area contributed by atoms with Gasteiger partial charge in [-0.1, -0.05) is 55.1 Å². The summed E-state index contributed by atoms with van der Waals surface area (Å²) in [5.41, 5.74) is 1.83. The summed E-state index contributed by atoms with van der Waals surface area (Å²) in [6.45, 7) is 4.58. The molecule has 0 aromatic heterocycles. The molecule has 0 spiro atoms. The number of hydrazine groups is 1. The van der Waals surface area contributed by atoms with Gasteiger partial charge in [0, 0.05) is 26.7 Å². The summed E-state index contributed by atoms with van der Waals surface area (Å²) in [4.78, 5) is 55.8. The van der Waals surface area contributed by atoms with Crippen LogP contribution in [0, 0.1) is 0 Å². The molecule has 0 bridgehead atoms. The number of carbonyl (C=O) groups is 4. The Morgan fingerprint density at radius 3 is 2.48 bits per heavy atom. The van der Waals surface area contributed by atoms with Crippen molar-refractivity contribution >= 4 is 23.9 Å². The second-order valence-electron chi connectivity index (χ2n) is 10.1. The molecule has 2 aliphatic heterocycles. The molecule has 224 valence electrons. The number of benzene rings is 2. The van der Waals surface area contributed by atoms with Crippen LogP contribution in [0.15, 0.2) is 67.3 Å². The van der Waals surface area contributed by atoms with Crippen LogP contribution in [0.25, 0.3) is 0 Å². The first kappa shape index (κ1) is 30.4. The maximum atomic E-state index is 13.8. The van der Waals surface area contributed by atoms with E-state index in [0.29, 0.717) is 19.4 Å². The summed E-state index contributed by atoms with van der Waals surface area (Å²) >= 11 is 0. The van der Waals surface area contributed by atoms with Crippen molar-refractivity contribution in [3.63, 3.8) is 0 Å². The SMILES string of the molecule is C=CCOC(=O)NCCC[C@H]1C(=O)N(Cc2ccccc2)C[C@H]2N1C(=O)CN(C)N2C(=O)NCc1ccc(OC)cc1. The normalized spacial score (nSPS) is 18.8. The van der Waals surface area contributed by atoms with Gasteiger partial charge in [0.25, 0.3) is 0 Å². The van der Waals surface area contributed by atoms with Crippen molar-refractivity contribution < 1.29 is 28.7 Å². The number of piperazine rings is 1. The van der Waals surface area contributed by atoms with E-state index in [-0.39, 0.29) is 50.6 Å². The number of ether oxygens (including phenoxy) is 2. The fourth-order valence-corrected chi connectivity index (χ4v) is 5.20. The van der Waals surface area contributed by atoms with Gasteiger partial charge in [0.1, 0.15) is 24.6 Å². The van der Waals surface area contributed by atoms with E-state index in [1.165, 1.54) is 16.0 Å². The third-order valence-corrected chi connectivity index (χ3v) is 7.22. The topological polar surface area (TPSA) is 124 Å². The number of likely N-dealkylation sites (N-methyl/N-ethyl adjacent to an activating group) is 1. The molecule has 0 saturated carbocycles. The Balaban J connectivity index is 1.52. The number of hydrogen-bond acceptors (Lipinski definition) is 7. The zero-order chi connectivity index (χ0) is 30.1. The van der Waals surface area contributed by atoms with Crippen LogP contribution in [-0.4, -0.2) is 96.4 Å². The molecule has 5 amide bonds. The molecular weight excluding hydrogens is 540 g/mol. The third kappa shape index (κ3) is 7.38. The predicted molar refractivity (Wildman–Crippen MR) is 155 cm³/mol. The number of urea groups is 1. The highest BCUT2D eigenvalue weighted by Gasteiger charge is 2.50. The minimum atomic E-state index is -0.795. The molecule has 2 N–H and O–H groups in total. The van der Waals surface area contributed by atoms with Crippen molar-refractivity contribution in [2.45, 2.75) is 38.1 Å². The average molecular weight is 579 g/mol. The van der Waals surface area contributed by atoms with Gasteiger partial charge in [-0.2, -0.15) is 0 Å². The van der Waals surface area contributed by atoms with E-state index in [1.807, 2.05) is 54.6 Å². The van der Waals surface area contributed by atoms with E-state index in [2.05, 4.69) is 17.2 Å². The summed E-state index contributed by atoms with van der Waals surface area (Å²) in [6, 6.07) is 15.8. The van der Waals surface area contributed by atoms with Crippen molar-refractivity contribution in [1.82, 2.24) is 30.5 Å². The third-order valence-electron chi connectivity index (χ3n) is 7.22. The highest BCUT2D eigenvalue weighted by atomic mass is 16.5. The molecule has 0 radical (unpaired) electrons. The lowest BCUT2D eigenvalue weighted by atomic mass is 10.0. The summed E-state index contributed by atoms with van der Waals surface area (Å²) in [6.07, 6.45) is 0.918. The largest absolute Gasteiger partial charge is 0.497 e. The quantitative estimate of drug-likeness (QED) is 0.310. The number of alkyl carbamates (subject to hydrolysis) is 1. The number of carbonyl (C=O) groups excluding carboxylic acids is 4. The molecule has 0 unspecified atom stereocenters. The number of rotatable bonds is 11. The smallest absolute Gasteiger partial charge is 0.407 e. The maximum Gasteiger partial charge on any atom is 0.407 e. The molecule has 2 heterocycles. The second-order valence-corrected chi connectivity index (χ2v) is 10.1. The monoisotopic (exact) mass is 578 g/mol. The Hall–Kier alpha value is -4.58. The number of amides is 5. The maximum absolute atomic E-state index is 13.8. The van der Waals surface area contributed by atoms with Crippen LogP contribution in [0.4, 0.5) is 9.59 Å². The Kier molecular flexibility index (Phi) is 10.4. The van der Waals surface area contributed by atoms with Crippen molar-refractivity contribution in [2.24, 2.45) is 0 Å². The first-order valence-electron chi connectivity index (χ1n) is 13.9. The summed E-state index contributed by atoms with van der Waals surface area (Å²) < 4.78 is 10.1. The van der Waals surface area contributed by atoms with Gasteiger partial charge in [0.2, 0.25) is 11.8 Å². The Labute approximate surface area is 245 Å². The lowest BCUT2D eigenvalue weighted by molar-refractivity contribution is -0.188. The number of fused-ring (bicyclic) bond motifs is 1. The first-order chi connectivity index (χ1) is 20.3. The van der Waals surface area contributed by atoms with Crippen LogP contribution in [0.1, 0.15) is 24.0 Å². The van der Waals surface area contributed by atoms with Crippen molar-refractivity contribution in [3.05, 3.63) is 78.4 Å². The Bertz CT molecular complexity index is 1260.